The average Bonchev–Trinajstić information content (AvgIpc) is 2.97. The molecule has 0 saturated carbocycles. The lowest BCUT2D eigenvalue weighted by atomic mass is 9.99. The molecule has 1 saturated heterocycles. The molecule has 1 atom stereocenters. The zero-order chi connectivity index (χ0) is 14.8. The molecule has 2 amide bonds. The van der Waals surface area contributed by atoms with E-state index in [1.165, 1.54) is 7.11 Å². The molecule has 2 aliphatic heterocycles. The molecule has 2 heterocycles. The number of fused-ring (bicyclic) bond motifs is 1. The van der Waals surface area contributed by atoms with E-state index in [-0.39, 0.29) is 17.9 Å². The predicted molar refractivity (Wildman–Crippen MR) is 78.2 cm³/mol. The minimum Gasteiger partial charge on any atom is -0.453 e. The average molecular weight is 289 g/mol. The van der Waals surface area contributed by atoms with Crippen molar-refractivity contribution in [3.8, 4) is 0 Å². The molecule has 2 aliphatic rings. The minimum atomic E-state index is -0.324. The molecule has 3 rings (SSSR count). The van der Waals surface area contributed by atoms with E-state index in [2.05, 4.69) is 5.32 Å². The molecule has 0 aliphatic carbocycles. The zero-order valence-corrected chi connectivity index (χ0v) is 12.0. The van der Waals surface area contributed by atoms with Gasteiger partial charge >= 0.3 is 6.09 Å². The van der Waals surface area contributed by atoms with E-state index in [4.69, 9.17) is 4.74 Å². The number of nitrogens with zero attached hydrogens (tertiary/aromatic N) is 2. The lowest BCUT2D eigenvalue weighted by molar-refractivity contribution is -0.134. The Balaban J connectivity index is 1.64. The summed E-state index contributed by atoms with van der Waals surface area (Å²) in [6.07, 6.45) is -0.324. The second-order valence-electron chi connectivity index (χ2n) is 5.30. The molecular weight excluding hydrogens is 270 g/mol. The van der Waals surface area contributed by atoms with E-state index in [1.807, 2.05) is 29.2 Å². The quantitative estimate of drug-likeness (QED) is 0.841. The number of piperazine rings is 1. The molecule has 112 valence electrons. The van der Waals surface area contributed by atoms with Gasteiger partial charge in [-0.15, -0.1) is 0 Å². The lowest BCUT2D eigenvalue weighted by Crippen LogP contribution is -2.51. The number of nitrogens with one attached hydrogen (secondary N) is 1. The highest BCUT2D eigenvalue weighted by Crippen LogP contribution is 2.32. The number of hydrogen-bond acceptors (Lipinski definition) is 4. The van der Waals surface area contributed by atoms with Gasteiger partial charge in [-0.1, -0.05) is 18.2 Å². The van der Waals surface area contributed by atoms with Crippen LogP contribution in [-0.2, 0) is 9.53 Å². The molecule has 0 radical (unpaired) electrons. The van der Waals surface area contributed by atoms with E-state index >= 15 is 0 Å². The summed E-state index contributed by atoms with van der Waals surface area (Å²) in [5.74, 6) is 0.0165. The van der Waals surface area contributed by atoms with Gasteiger partial charge in [0.15, 0.2) is 0 Å². The Morgan fingerprint density at radius 2 is 1.81 bits per heavy atom. The molecule has 0 aromatic heterocycles. The molecule has 1 fully saturated rings. The Bertz CT molecular complexity index is 553. The summed E-state index contributed by atoms with van der Waals surface area (Å²) in [5.41, 5.74) is 2.11. The van der Waals surface area contributed by atoms with Gasteiger partial charge < -0.3 is 19.9 Å². The van der Waals surface area contributed by atoms with E-state index in [1.54, 1.807) is 4.90 Å². The number of carbonyl (C=O) groups excluding carboxylic acids is 2. The van der Waals surface area contributed by atoms with E-state index in [9.17, 15) is 9.59 Å². The molecule has 1 unspecified atom stereocenters. The largest absolute Gasteiger partial charge is 0.453 e. The number of amides is 2. The van der Waals surface area contributed by atoms with Crippen LogP contribution < -0.4 is 5.32 Å². The third-order valence-corrected chi connectivity index (χ3v) is 4.16. The number of methoxy groups -OCH3 is 1. The number of rotatable bonds is 1. The van der Waals surface area contributed by atoms with Gasteiger partial charge in [-0.25, -0.2) is 4.79 Å². The van der Waals surface area contributed by atoms with Crippen LogP contribution in [0.15, 0.2) is 24.3 Å². The summed E-state index contributed by atoms with van der Waals surface area (Å²) in [7, 11) is 1.38. The first-order valence-electron chi connectivity index (χ1n) is 7.15. The van der Waals surface area contributed by atoms with Crippen LogP contribution >= 0.6 is 0 Å². The van der Waals surface area contributed by atoms with Crippen molar-refractivity contribution >= 4 is 17.7 Å². The first-order valence-corrected chi connectivity index (χ1v) is 7.15. The number of anilines is 1. The fraction of sp³-hybridized carbons (Fsp3) is 0.467. The van der Waals surface area contributed by atoms with E-state index < -0.39 is 0 Å². The smallest absolute Gasteiger partial charge is 0.409 e. The number of para-hydroxylation sites is 1. The van der Waals surface area contributed by atoms with Crippen molar-refractivity contribution in [2.24, 2.45) is 0 Å². The monoisotopic (exact) mass is 289 g/mol. The fourth-order valence-electron chi connectivity index (χ4n) is 2.96. The summed E-state index contributed by atoms with van der Waals surface area (Å²) in [4.78, 5) is 27.6. The zero-order valence-electron chi connectivity index (χ0n) is 12.0. The van der Waals surface area contributed by atoms with Gasteiger partial charge in [-0.05, 0) is 11.6 Å². The minimum absolute atomic E-state index is 0.120. The summed E-state index contributed by atoms with van der Waals surface area (Å²) in [6, 6.07) is 7.93. The van der Waals surface area contributed by atoms with Crippen LogP contribution in [0.2, 0.25) is 0 Å². The van der Waals surface area contributed by atoms with Crippen molar-refractivity contribution in [1.82, 2.24) is 9.80 Å². The van der Waals surface area contributed by atoms with Crippen LogP contribution in [0.3, 0.4) is 0 Å². The van der Waals surface area contributed by atoms with Crippen LogP contribution in [0.5, 0.6) is 0 Å². The van der Waals surface area contributed by atoms with Crippen LogP contribution in [0.4, 0.5) is 10.5 Å². The molecule has 0 spiro atoms. The van der Waals surface area contributed by atoms with Crippen molar-refractivity contribution in [2.45, 2.75) is 5.92 Å². The van der Waals surface area contributed by atoms with Crippen molar-refractivity contribution < 1.29 is 14.3 Å². The molecule has 1 N–H and O–H groups in total. The van der Waals surface area contributed by atoms with Gasteiger partial charge in [-0.2, -0.15) is 0 Å². The maximum absolute atomic E-state index is 12.7. The van der Waals surface area contributed by atoms with E-state index in [0.29, 0.717) is 32.7 Å². The van der Waals surface area contributed by atoms with Crippen molar-refractivity contribution in [3.05, 3.63) is 29.8 Å². The predicted octanol–water partition coefficient (Wildman–Crippen LogP) is 1.11. The number of ether oxygens (including phenoxy) is 1. The summed E-state index contributed by atoms with van der Waals surface area (Å²) in [6.45, 7) is 2.83. The second kappa shape index (κ2) is 5.63. The Hall–Kier alpha value is -2.24. The maximum atomic E-state index is 12.7. The van der Waals surface area contributed by atoms with Gasteiger partial charge in [0.25, 0.3) is 0 Å². The van der Waals surface area contributed by atoms with Crippen molar-refractivity contribution in [2.75, 3.05) is 45.2 Å². The Kier molecular flexibility index (Phi) is 3.68. The van der Waals surface area contributed by atoms with Crippen LogP contribution in [0, 0.1) is 0 Å². The van der Waals surface area contributed by atoms with Gasteiger partial charge in [-0.3, -0.25) is 4.79 Å². The third-order valence-electron chi connectivity index (χ3n) is 4.16. The highest BCUT2D eigenvalue weighted by atomic mass is 16.5. The molecule has 21 heavy (non-hydrogen) atoms. The maximum Gasteiger partial charge on any atom is 0.409 e. The van der Waals surface area contributed by atoms with Gasteiger partial charge in [0.2, 0.25) is 5.91 Å². The number of carbonyl (C=O) groups is 2. The van der Waals surface area contributed by atoms with Gasteiger partial charge in [0.05, 0.1) is 13.0 Å². The first kappa shape index (κ1) is 13.7. The molecule has 0 bridgehead atoms. The lowest BCUT2D eigenvalue weighted by Gasteiger charge is -2.35. The van der Waals surface area contributed by atoms with Crippen molar-refractivity contribution in [1.29, 1.82) is 0 Å². The number of hydrogen-bond donors (Lipinski definition) is 1. The van der Waals surface area contributed by atoms with Crippen LogP contribution in [0.1, 0.15) is 11.5 Å². The molecule has 1 aromatic carbocycles. The normalized spacial score (nSPS) is 20.7. The first-order chi connectivity index (χ1) is 10.2. The fourth-order valence-corrected chi connectivity index (χ4v) is 2.96. The SMILES string of the molecule is COC(=O)N1CCN(C(=O)C2CNc3ccccc32)CC1. The highest BCUT2D eigenvalue weighted by Gasteiger charge is 2.33. The van der Waals surface area contributed by atoms with Crippen LogP contribution in [-0.4, -0.2) is 61.6 Å². The van der Waals surface area contributed by atoms with Gasteiger partial charge in [0, 0.05) is 38.4 Å². The van der Waals surface area contributed by atoms with Crippen molar-refractivity contribution in [3.63, 3.8) is 0 Å². The third kappa shape index (κ3) is 2.53. The summed E-state index contributed by atoms with van der Waals surface area (Å²) >= 11 is 0. The number of benzene rings is 1. The topological polar surface area (TPSA) is 61.9 Å². The molecule has 1 aromatic rings. The standard InChI is InChI=1S/C15H19N3O3/c1-21-15(20)18-8-6-17(7-9-18)14(19)12-10-16-13-5-3-2-4-11(12)13/h2-5,12,16H,6-10H2,1H3. The summed E-state index contributed by atoms with van der Waals surface area (Å²) in [5, 5.41) is 3.27. The summed E-state index contributed by atoms with van der Waals surface area (Å²) < 4.78 is 4.71. The highest BCUT2D eigenvalue weighted by molar-refractivity contribution is 5.88. The molecule has 6 heteroatoms. The van der Waals surface area contributed by atoms with Crippen LogP contribution in [0.25, 0.3) is 0 Å². The Morgan fingerprint density at radius 1 is 1.14 bits per heavy atom. The Morgan fingerprint density at radius 3 is 2.52 bits per heavy atom. The van der Waals surface area contributed by atoms with E-state index in [0.717, 1.165) is 11.3 Å². The molecule has 6 nitrogen and oxygen atoms in total. The molecular formula is C15H19N3O3. The Labute approximate surface area is 123 Å². The second-order valence-corrected chi connectivity index (χ2v) is 5.30. The van der Waals surface area contributed by atoms with Gasteiger partial charge in [0.1, 0.15) is 0 Å².